The van der Waals surface area contributed by atoms with Gasteiger partial charge in [0.2, 0.25) is 0 Å². The fraction of sp³-hybridized carbons (Fsp3) is 0.0769. The van der Waals surface area contributed by atoms with Gasteiger partial charge >= 0.3 is 6.18 Å². The van der Waals surface area contributed by atoms with Gasteiger partial charge in [0.15, 0.2) is 0 Å². The summed E-state index contributed by atoms with van der Waals surface area (Å²) in [5.74, 6) is -0.706. The number of carbonyl (C=O) groups is 1. The first-order valence-corrected chi connectivity index (χ1v) is 6.75. The minimum Gasteiger partial charge on any atom is -0.321 e. The maximum absolute atomic E-state index is 12.9. The van der Waals surface area contributed by atoms with E-state index in [1.165, 1.54) is 24.4 Å². The summed E-state index contributed by atoms with van der Waals surface area (Å²) in [4.78, 5) is 15.9. The molecule has 8 heteroatoms. The molecule has 1 N–H and O–H groups in total. The summed E-state index contributed by atoms with van der Waals surface area (Å²) in [6.07, 6.45) is -3.18. The first-order chi connectivity index (χ1) is 9.79. The number of aromatic nitrogens is 1. The Kier molecular flexibility index (Phi) is 4.53. The summed E-state index contributed by atoms with van der Waals surface area (Å²) in [5, 5.41) is 2.15. The summed E-state index contributed by atoms with van der Waals surface area (Å²) >= 11 is 8.64. The van der Waals surface area contributed by atoms with Crippen molar-refractivity contribution in [3.8, 4) is 0 Å². The summed E-state index contributed by atoms with van der Waals surface area (Å²) in [6, 6.07) is 6.08. The molecule has 2 aromatic rings. The molecule has 0 saturated carbocycles. The van der Waals surface area contributed by atoms with E-state index in [1.54, 1.807) is 0 Å². The van der Waals surface area contributed by atoms with E-state index in [-0.39, 0.29) is 20.9 Å². The van der Waals surface area contributed by atoms with Crippen LogP contribution < -0.4 is 5.32 Å². The van der Waals surface area contributed by atoms with Crippen molar-refractivity contribution in [1.82, 2.24) is 4.98 Å². The molecule has 1 aromatic carbocycles. The number of carbonyl (C=O) groups excluding carboxylic acids is 1. The molecule has 0 saturated heterocycles. The Morgan fingerprint density at radius 3 is 2.62 bits per heavy atom. The topological polar surface area (TPSA) is 42.0 Å². The highest BCUT2D eigenvalue weighted by Gasteiger charge is 2.34. The van der Waals surface area contributed by atoms with Crippen LogP contribution in [0.3, 0.4) is 0 Å². The second kappa shape index (κ2) is 6.03. The molecule has 1 heterocycles. The van der Waals surface area contributed by atoms with Crippen LogP contribution in [0, 0.1) is 0 Å². The van der Waals surface area contributed by atoms with Gasteiger partial charge in [-0.1, -0.05) is 11.6 Å². The Balaban J connectivity index is 2.36. The summed E-state index contributed by atoms with van der Waals surface area (Å²) in [7, 11) is 0. The number of anilines is 1. The normalized spacial score (nSPS) is 11.3. The molecule has 21 heavy (non-hydrogen) atoms. The van der Waals surface area contributed by atoms with Crippen molar-refractivity contribution in [2.24, 2.45) is 0 Å². The second-order valence-electron chi connectivity index (χ2n) is 3.98. The van der Waals surface area contributed by atoms with Crippen LogP contribution in [0.5, 0.6) is 0 Å². The molecule has 0 aliphatic rings. The van der Waals surface area contributed by atoms with Gasteiger partial charge in [0, 0.05) is 11.2 Å². The van der Waals surface area contributed by atoms with Crippen molar-refractivity contribution in [3.63, 3.8) is 0 Å². The van der Waals surface area contributed by atoms with Crippen molar-refractivity contribution in [1.29, 1.82) is 0 Å². The maximum Gasteiger partial charge on any atom is 0.418 e. The molecule has 1 amide bonds. The zero-order valence-electron chi connectivity index (χ0n) is 10.2. The molecule has 0 unspecified atom stereocenters. The highest BCUT2D eigenvalue weighted by molar-refractivity contribution is 9.10. The van der Waals surface area contributed by atoms with Crippen LogP contribution in [0.25, 0.3) is 0 Å². The molecule has 110 valence electrons. The minimum absolute atomic E-state index is 0.0668. The Morgan fingerprint density at radius 2 is 2.00 bits per heavy atom. The van der Waals surface area contributed by atoms with Gasteiger partial charge in [-0.2, -0.15) is 13.2 Å². The summed E-state index contributed by atoms with van der Waals surface area (Å²) in [5.41, 5.74) is -1.25. The fourth-order valence-corrected chi connectivity index (χ4v) is 2.21. The van der Waals surface area contributed by atoms with Gasteiger partial charge in [0.1, 0.15) is 4.60 Å². The highest BCUT2D eigenvalue weighted by atomic mass is 79.9. The van der Waals surface area contributed by atoms with Crippen molar-refractivity contribution < 1.29 is 18.0 Å². The lowest BCUT2D eigenvalue weighted by molar-refractivity contribution is -0.136. The number of hydrogen-bond acceptors (Lipinski definition) is 2. The second-order valence-corrected chi connectivity index (χ2v) is 5.17. The van der Waals surface area contributed by atoms with E-state index < -0.39 is 17.6 Å². The van der Waals surface area contributed by atoms with Gasteiger partial charge in [-0.05, 0) is 46.3 Å². The van der Waals surface area contributed by atoms with E-state index in [2.05, 4.69) is 26.2 Å². The predicted octanol–water partition coefficient (Wildman–Crippen LogP) is 4.77. The Bertz CT molecular complexity index is 691. The first kappa shape index (κ1) is 15.8. The molecular formula is C13H7BrClF3N2O. The van der Waals surface area contributed by atoms with Crippen molar-refractivity contribution in [2.45, 2.75) is 6.18 Å². The fourth-order valence-electron chi connectivity index (χ4n) is 1.61. The maximum atomic E-state index is 12.9. The Morgan fingerprint density at radius 1 is 1.29 bits per heavy atom. The number of nitrogens with one attached hydrogen (secondary N) is 1. The lowest BCUT2D eigenvalue weighted by Gasteiger charge is -2.14. The summed E-state index contributed by atoms with van der Waals surface area (Å²) < 4.78 is 39.0. The van der Waals surface area contributed by atoms with Gasteiger partial charge in [-0.25, -0.2) is 4.98 Å². The van der Waals surface area contributed by atoms with Crippen LogP contribution in [0.1, 0.15) is 15.9 Å². The smallest absolute Gasteiger partial charge is 0.321 e. The molecule has 0 bridgehead atoms. The largest absolute Gasteiger partial charge is 0.418 e. The molecule has 0 fully saturated rings. The lowest BCUT2D eigenvalue weighted by Crippen LogP contribution is -2.17. The molecular weight excluding hydrogens is 373 g/mol. The van der Waals surface area contributed by atoms with E-state index in [1.807, 2.05) is 0 Å². The van der Waals surface area contributed by atoms with Crippen LogP contribution in [0.4, 0.5) is 18.9 Å². The first-order valence-electron chi connectivity index (χ1n) is 5.57. The Hall–Kier alpha value is -1.60. The van der Waals surface area contributed by atoms with Gasteiger partial charge in [-0.15, -0.1) is 0 Å². The number of nitrogens with zero attached hydrogens (tertiary/aromatic N) is 1. The molecule has 0 radical (unpaired) electrons. The van der Waals surface area contributed by atoms with Crippen LogP contribution in [-0.2, 0) is 6.18 Å². The van der Waals surface area contributed by atoms with E-state index in [0.717, 1.165) is 12.1 Å². The van der Waals surface area contributed by atoms with E-state index in [9.17, 15) is 18.0 Å². The molecule has 1 aromatic heterocycles. The number of amides is 1. The van der Waals surface area contributed by atoms with Gasteiger partial charge in [-0.3, -0.25) is 4.79 Å². The lowest BCUT2D eigenvalue weighted by atomic mass is 10.1. The van der Waals surface area contributed by atoms with Crippen LogP contribution in [0.15, 0.2) is 41.1 Å². The molecule has 3 nitrogen and oxygen atoms in total. The Labute approximate surface area is 131 Å². The molecule has 2 rings (SSSR count). The van der Waals surface area contributed by atoms with E-state index in [4.69, 9.17) is 11.6 Å². The standard InChI is InChI=1S/C13H7BrClF3N2O/c14-11-8(2-1-5-19-11)12(21)20-10-4-3-7(15)6-9(10)13(16,17)18/h1-6H,(H,20,21). The van der Waals surface area contributed by atoms with Crippen molar-refractivity contribution >= 4 is 39.1 Å². The zero-order valence-corrected chi connectivity index (χ0v) is 12.6. The number of halogens is 5. The predicted molar refractivity (Wildman–Crippen MR) is 76.3 cm³/mol. The third kappa shape index (κ3) is 3.74. The molecule has 0 spiro atoms. The van der Waals surface area contributed by atoms with E-state index >= 15 is 0 Å². The van der Waals surface area contributed by atoms with Gasteiger partial charge in [0.05, 0.1) is 16.8 Å². The number of hydrogen-bond donors (Lipinski definition) is 1. The molecule has 0 aliphatic carbocycles. The number of pyridine rings is 1. The average Bonchev–Trinajstić information content (AvgIpc) is 2.40. The number of alkyl halides is 3. The zero-order chi connectivity index (χ0) is 15.6. The third-order valence-electron chi connectivity index (χ3n) is 2.54. The van der Waals surface area contributed by atoms with Crippen LogP contribution >= 0.6 is 27.5 Å². The number of benzene rings is 1. The molecule has 0 aliphatic heterocycles. The SMILES string of the molecule is O=C(Nc1ccc(Cl)cc1C(F)(F)F)c1cccnc1Br. The third-order valence-corrected chi connectivity index (χ3v) is 3.41. The average molecular weight is 380 g/mol. The quantitative estimate of drug-likeness (QED) is 0.764. The monoisotopic (exact) mass is 378 g/mol. The van der Waals surface area contributed by atoms with Gasteiger partial charge < -0.3 is 5.32 Å². The number of rotatable bonds is 2. The summed E-state index contributed by atoms with van der Waals surface area (Å²) in [6.45, 7) is 0. The van der Waals surface area contributed by atoms with Crippen molar-refractivity contribution in [2.75, 3.05) is 5.32 Å². The van der Waals surface area contributed by atoms with Gasteiger partial charge in [0.25, 0.3) is 5.91 Å². The van der Waals surface area contributed by atoms with Crippen molar-refractivity contribution in [3.05, 3.63) is 57.3 Å². The van der Waals surface area contributed by atoms with Crippen LogP contribution in [-0.4, -0.2) is 10.9 Å². The van der Waals surface area contributed by atoms with Crippen LogP contribution in [0.2, 0.25) is 5.02 Å². The highest BCUT2D eigenvalue weighted by Crippen LogP contribution is 2.36. The molecule has 0 atom stereocenters. The van der Waals surface area contributed by atoms with E-state index in [0.29, 0.717) is 0 Å². The minimum atomic E-state index is -4.63.